The number of rotatable bonds is 6. The number of para-hydroxylation sites is 2. The normalized spacial score (nSPS) is 10.5. The van der Waals surface area contributed by atoms with Crippen LogP contribution < -0.4 is 18.9 Å². The molecule has 0 aliphatic carbocycles. The molecule has 0 heterocycles. The minimum Gasteiger partial charge on any atom is -0.493 e. The van der Waals surface area contributed by atoms with Gasteiger partial charge >= 0.3 is 0 Å². The molecule has 5 nitrogen and oxygen atoms in total. The standard InChI is InChI=1S/C17H20O5/c1-19-13-9-5-7-11(16(13)21-3)15(18)12-8-6-10-14(20-2)17(12)22-4/h5-10,15,18H,1-4H3. The van der Waals surface area contributed by atoms with Crippen molar-refractivity contribution in [1.82, 2.24) is 0 Å². The minimum absolute atomic E-state index is 0.488. The average Bonchev–Trinajstić information content (AvgIpc) is 2.59. The predicted molar refractivity (Wildman–Crippen MR) is 83.2 cm³/mol. The summed E-state index contributed by atoms with van der Waals surface area (Å²) in [7, 11) is 6.19. The van der Waals surface area contributed by atoms with E-state index in [0.717, 1.165) is 0 Å². The zero-order valence-corrected chi connectivity index (χ0v) is 13.1. The van der Waals surface area contributed by atoms with E-state index < -0.39 is 6.10 Å². The van der Waals surface area contributed by atoms with Gasteiger partial charge in [0.1, 0.15) is 6.10 Å². The van der Waals surface area contributed by atoms with Gasteiger partial charge in [0.05, 0.1) is 28.4 Å². The third-order valence-corrected chi connectivity index (χ3v) is 3.46. The summed E-state index contributed by atoms with van der Waals surface area (Å²) >= 11 is 0. The highest BCUT2D eigenvalue weighted by molar-refractivity contribution is 5.54. The van der Waals surface area contributed by atoms with Crippen molar-refractivity contribution in [2.24, 2.45) is 0 Å². The fraction of sp³-hybridized carbons (Fsp3) is 0.294. The largest absolute Gasteiger partial charge is 0.493 e. The maximum Gasteiger partial charge on any atom is 0.166 e. The zero-order chi connectivity index (χ0) is 16.1. The lowest BCUT2D eigenvalue weighted by Crippen LogP contribution is -2.06. The summed E-state index contributed by atoms with van der Waals surface area (Å²) in [6.07, 6.45) is -0.935. The molecule has 2 rings (SSSR count). The van der Waals surface area contributed by atoms with Crippen LogP contribution in [0.15, 0.2) is 36.4 Å². The lowest BCUT2D eigenvalue weighted by Gasteiger charge is -2.20. The highest BCUT2D eigenvalue weighted by atomic mass is 16.5. The number of methoxy groups -OCH3 is 4. The molecule has 5 heteroatoms. The quantitative estimate of drug-likeness (QED) is 0.889. The molecule has 0 saturated heterocycles. The Labute approximate surface area is 130 Å². The van der Waals surface area contributed by atoms with Crippen molar-refractivity contribution in [3.63, 3.8) is 0 Å². The summed E-state index contributed by atoms with van der Waals surface area (Å²) in [5, 5.41) is 10.8. The Kier molecular flexibility index (Phi) is 5.12. The lowest BCUT2D eigenvalue weighted by molar-refractivity contribution is 0.206. The van der Waals surface area contributed by atoms with Gasteiger partial charge in [0.2, 0.25) is 0 Å². The van der Waals surface area contributed by atoms with Crippen LogP contribution >= 0.6 is 0 Å². The van der Waals surface area contributed by atoms with E-state index in [9.17, 15) is 5.11 Å². The number of ether oxygens (including phenoxy) is 4. The molecule has 0 atom stereocenters. The average molecular weight is 304 g/mol. The second-order valence-corrected chi connectivity index (χ2v) is 4.57. The Hall–Kier alpha value is -2.40. The number of benzene rings is 2. The Morgan fingerprint density at radius 2 is 1.09 bits per heavy atom. The molecule has 118 valence electrons. The summed E-state index contributed by atoms with van der Waals surface area (Å²) in [4.78, 5) is 0. The van der Waals surface area contributed by atoms with Gasteiger partial charge in [-0.2, -0.15) is 0 Å². The maximum absolute atomic E-state index is 10.8. The van der Waals surface area contributed by atoms with Crippen molar-refractivity contribution in [3.8, 4) is 23.0 Å². The Bertz CT molecular complexity index is 583. The second-order valence-electron chi connectivity index (χ2n) is 4.57. The van der Waals surface area contributed by atoms with E-state index in [1.54, 1.807) is 50.6 Å². The number of aliphatic hydroxyl groups is 1. The van der Waals surface area contributed by atoms with Gasteiger partial charge in [-0.15, -0.1) is 0 Å². The first-order valence-electron chi connectivity index (χ1n) is 6.77. The lowest BCUT2D eigenvalue weighted by atomic mass is 9.99. The summed E-state index contributed by atoms with van der Waals surface area (Å²) in [5.74, 6) is 2.09. The van der Waals surface area contributed by atoms with Crippen LogP contribution in [0.25, 0.3) is 0 Å². The summed E-state index contributed by atoms with van der Waals surface area (Å²) in [6.45, 7) is 0. The molecule has 22 heavy (non-hydrogen) atoms. The smallest absolute Gasteiger partial charge is 0.166 e. The molecule has 2 aromatic carbocycles. The minimum atomic E-state index is -0.935. The van der Waals surface area contributed by atoms with Crippen LogP contribution in [0.5, 0.6) is 23.0 Å². The van der Waals surface area contributed by atoms with Crippen LogP contribution in [-0.4, -0.2) is 33.5 Å². The fourth-order valence-corrected chi connectivity index (χ4v) is 2.42. The third-order valence-electron chi connectivity index (χ3n) is 3.46. The van der Waals surface area contributed by atoms with Crippen molar-refractivity contribution >= 4 is 0 Å². The van der Waals surface area contributed by atoms with Gasteiger partial charge in [-0.1, -0.05) is 24.3 Å². The van der Waals surface area contributed by atoms with Gasteiger partial charge in [-0.3, -0.25) is 0 Å². The van der Waals surface area contributed by atoms with Crippen LogP contribution in [-0.2, 0) is 0 Å². The molecule has 0 saturated carbocycles. The van der Waals surface area contributed by atoms with Gasteiger partial charge in [-0.05, 0) is 12.1 Å². The Morgan fingerprint density at radius 1 is 0.682 bits per heavy atom. The summed E-state index contributed by atoms with van der Waals surface area (Å²) in [6, 6.07) is 10.7. The Balaban J connectivity index is 2.55. The van der Waals surface area contributed by atoms with Crippen LogP contribution in [0.2, 0.25) is 0 Å². The zero-order valence-electron chi connectivity index (χ0n) is 13.1. The third kappa shape index (κ3) is 2.80. The van der Waals surface area contributed by atoms with Gasteiger partial charge in [0.15, 0.2) is 23.0 Å². The molecule has 0 aliphatic heterocycles. The van der Waals surface area contributed by atoms with E-state index in [-0.39, 0.29) is 0 Å². The monoisotopic (exact) mass is 304 g/mol. The molecular formula is C17H20O5. The van der Waals surface area contributed by atoms with E-state index >= 15 is 0 Å². The number of hydrogen-bond acceptors (Lipinski definition) is 5. The maximum atomic E-state index is 10.8. The molecule has 0 radical (unpaired) electrons. The molecule has 0 fully saturated rings. The van der Waals surface area contributed by atoms with Crippen molar-refractivity contribution in [2.75, 3.05) is 28.4 Å². The van der Waals surface area contributed by atoms with Crippen LogP contribution in [0, 0.1) is 0 Å². The molecule has 0 spiro atoms. The van der Waals surface area contributed by atoms with Crippen LogP contribution in [0.1, 0.15) is 17.2 Å². The van der Waals surface area contributed by atoms with Crippen molar-refractivity contribution in [3.05, 3.63) is 47.5 Å². The number of aliphatic hydroxyl groups excluding tert-OH is 1. The SMILES string of the molecule is COc1cccc(C(O)c2cccc(OC)c2OC)c1OC. The number of hydrogen-bond donors (Lipinski definition) is 1. The first-order valence-corrected chi connectivity index (χ1v) is 6.77. The van der Waals surface area contributed by atoms with Gasteiger partial charge in [-0.25, -0.2) is 0 Å². The highest BCUT2D eigenvalue weighted by Gasteiger charge is 2.23. The molecule has 1 N–H and O–H groups in total. The summed E-state index contributed by atoms with van der Waals surface area (Å²) in [5.41, 5.74) is 1.18. The van der Waals surface area contributed by atoms with E-state index in [1.807, 2.05) is 0 Å². The molecular weight excluding hydrogens is 284 g/mol. The molecule has 0 amide bonds. The second kappa shape index (κ2) is 7.04. The van der Waals surface area contributed by atoms with Gasteiger partial charge < -0.3 is 24.1 Å². The first-order chi connectivity index (χ1) is 10.7. The van der Waals surface area contributed by atoms with Gasteiger partial charge in [0, 0.05) is 11.1 Å². The van der Waals surface area contributed by atoms with E-state index in [1.165, 1.54) is 14.2 Å². The van der Waals surface area contributed by atoms with E-state index in [2.05, 4.69) is 0 Å². The fourth-order valence-electron chi connectivity index (χ4n) is 2.42. The van der Waals surface area contributed by atoms with E-state index in [0.29, 0.717) is 34.1 Å². The van der Waals surface area contributed by atoms with Crippen molar-refractivity contribution in [1.29, 1.82) is 0 Å². The van der Waals surface area contributed by atoms with Crippen LogP contribution in [0.3, 0.4) is 0 Å². The molecule has 0 aromatic heterocycles. The van der Waals surface area contributed by atoms with E-state index in [4.69, 9.17) is 18.9 Å². The first kappa shape index (κ1) is 16.0. The molecule has 0 aliphatic rings. The molecule has 2 aromatic rings. The van der Waals surface area contributed by atoms with Gasteiger partial charge in [0.25, 0.3) is 0 Å². The van der Waals surface area contributed by atoms with Crippen molar-refractivity contribution in [2.45, 2.75) is 6.10 Å². The Morgan fingerprint density at radius 3 is 1.41 bits per heavy atom. The molecule has 0 bridgehead atoms. The van der Waals surface area contributed by atoms with Crippen LogP contribution in [0.4, 0.5) is 0 Å². The summed E-state index contributed by atoms with van der Waals surface area (Å²) < 4.78 is 21.3. The topological polar surface area (TPSA) is 57.2 Å². The van der Waals surface area contributed by atoms with Crippen molar-refractivity contribution < 1.29 is 24.1 Å². The predicted octanol–water partition coefficient (Wildman–Crippen LogP) is 2.80. The molecule has 0 unspecified atom stereocenters. The highest BCUT2D eigenvalue weighted by Crippen LogP contribution is 2.42.